The Hall–Kier alpha value is -0.620. The number of Topliss-reactive ketones (excluding diaryl/α,β-unsaturated/α-hetero) is 1. The second kappa shape index (κ2) is 6.94. The molecule has 164 valence electrons. The lowest BCUT2D eigenvalue weighted by Crippen LogP contribution is -2.58. The summed E-state index contributed by atoms with van der Waals surface area (Å²) in [6.45, 7) is 6.40. The normalized spacial score (nSPS) is 47.7. The van der Waals surface area contributed by atoms with Crippen molar-refractivity contribution < 1.29 is 19.1 Å². The first-order valence-corrected chi connectivity index (χ1v) is 13.1. The van der Waals surface area contributed by atoms with Crippen LogP contribution in [0.25, 0.3) is 0 Å². The number of carbonyl (C=O) groups excluding carboxylic acids is 3. The summed E-state index contributed by atoms with van der Waals surface area (Å²) in [4.78, 5) is 36.8. The average molecular weight is 495 g/mol. The molecule has 0 aromatic rings. The third-order valence-corrected chi connectivity index (χ3v) is 11.7. The van der Waals surface area contributed by atoms with Crippen molar-refractivity contribution in [1.82, 2.24) is 0 Å². The lowest BCUT2D eigenvalue weighted by Gasteiger charge is -2.61. The average Bonchev–Trinajstić information content (AvgIpc) is 3.20. The lowest BCUT2D eigenvalue weighted by molar-refractivity contribution is -0.167. The second-order valence-corrected chi connectivity index (χ2v) is 12.9. The molecule has 0 radical (unpaired) electrons. The molecule has 0 unspecified atom stereocenters. The van der Waals surface area contributed by atoms with Crippen molar-refractivity contribution in [3.63, 3.8) is 0 Å². The van der Waals surface area contributed by atoms with Crippen LogP contribution in [0.4, 0.5) is 0 Å². The molecule has 0 aromatic carbocycles. The molecule has 3 saturated carbocycles. The molecule has 5 rings (SSSR count). The van der Waals surface area contributed by atoms with Gasteiger partial charge >= 0.3 is 5.97 Å². The van der Waals surface area contributed by atoms with Crippen LogP contribution in [-0.2, 0) is 19.1 Å². The maximum absolute atomic E-state index is 12.5. The van der Waals surface area contributed by atoms with Gasteiger partial charge in [-0.1, -0.05) is 25.6 Å². The fourth-order valence-corrected chi connectivity index (χ4v) is 10.2. The molecule has 6 heteroatoms. The Bertz CT molecular complexity index is 867. The third-order valence-electron chi connectivity index (χ3n) is 9.71. The van der Waals surface area contributed by atoms with Gasteiger partial charge in [-0.25, -0.2) is 0 Å². The van der Waals surface area contributed by atoms with Gasteiger partial charge in [-0.15, -0.1) is 0 Å². The number of halogens is 1. The van der Waals surface area contributed by atoms with E-state index in [9.17, 15) is 14.4 Å². The van der Waals surface area contributed by atoms with E-state index in [1.165, 1.54) is 17.3 Å². The molecule has 0 N–H and O–H groups in total. The van der Waals surface area contributed by atoms with Crippen molar-refractivity contribution in [2.75, 3.05) is 0 Å². The minimum atomic E-state index is -0.300. The summed E-state index contributed by atoms with van der Waals surface area (Å²) >= 11 is 5.13. The quantitative estimate of drug-likeness (QED) is 0.445. The van der Waals surface area contributed by atoms with Gasteiger partial charge in [0, 0.05) is 30.4 Å². The van der Waals surface area contributed by atoms with E-state index in [0.717, 1.165) is 49.4 Å². The van der Waals surface area contributed by atoms with Crippen molar-refractivity contribution in [3.05, 3.63) is 10.1 Å². The zero-order chi connectivity index (χ0) is 21.5. The van der Waals surface area contributed by atoms with E-state index in [0.29, 0.717) is 30.6 Å². The molecule has 0 amide bonds. The Morgan fingerprint density at radius 1 is 1.07 bits per heavy atom. The monoisotopic (exact) mass is 494 g/mol. The highest BCUT2D eigenvalue weighted by molar-refractivity contribution is 9.12. The zero-order valence-electron chi connectivity index (χ0n) is 18.1. The zero-order valence-corrected chi connectivity index (χ0v) is 20.5. The number of thioether (sulfide) groups is 1. The highest BCUT2D eigenvalue weighted by atomic mass is 79.9. The molecule has 0 aromatic heterocycles. The van der Waals surface area contributed by atoms with Gasteiger partial charge in [0.05, 0.1) is 4.48 Å². The predicted molar refractivity (Wildman–Crippen MR) is 120 cm³/mol. The molecule has 1 spiro atoms. The van der Waals surface area contributed by atoms with E-state index in [4.69, 9.17) is 4.74 Å². The Morgan fingerprint density at radius 2 is 1.80 bits per heavy atom. The van der Waals surface area contributed by atoms with E-state index in [1.807, 2.05) is 0 Å². The molecule has 4 aliphatic carbocycles. The van der Waals surface area contributed by atoms with Crippen LogP contribution in [0.3, 0.4) is 0 Å². The first-order chi connectivity index (χ1) is 14.1. The van der Waals surface area contributed by atoms with Gasteiger partial charge in [0.25, 0.3) is 0 Å². The van der Waals surface area contributed by atoms with Crippen LogP contribution in [0.2, 0.25) is 0 Å². The fraction of sp³-hybridized carbons (Fsp3) is 0.792. The highest BCUT2D eigenvalue weighted by Crippen LogP contribution is 2.71. The van der Waals surface area contributed by atoms with Crippen LogP contribution < -0.4 is 0 Å². The van der Waals surface area contributed by atoms with E-state index in [-0.39, 0.29) is 38.5 Å². The summed E-state index contributed by atoms with van der Waals surface area (Å²) in [7, 11) is 0. The SMILES string of the molecule is CC(=O)S[C@@H]1CC2=C(Br)C(=O)CC[C@]2(C)[C@H]2CC[C@@]3(C)[C@@H](CC[C@@]34CCC(=O)O4)[C@H]12. The first kappa shape index (κ1) is 21.2. The maximum Gasteiger partial charge on any atom is 0.306 e. The topological polar surface area (TPSA) is 60.4 Å². The maximum atomic E-state index is 12.5. The van der Waals surface area contributed by atoms with Crippen LogP contribution in [0.15, 0.2) is 10.1 Å². The van der Waals surface area contributed by atoms with Gasteiger partial charge in [0.1, 0.15) is 5.60 Å². The molecule has 1 saturated heterocycles. The Kier molecular flexibility index (Phi) is 4.91. The molecule has 5 aliphatic rings. The number of rotatable bonds is 1. The number of allylic oxidation sites excluding steroid dienone is 1. The van der Waals surface area contributed by atoms with Gasteiger partial charge in [-0.05, 0) is 89.6 Å². The smallest absolute Gasteiger partial charge is 0.306 e. The predicted octanol–water partition coefficient (Wildman–Crippen LogP) is 5.57. The molecule has 1 heterocycles. The number of hydrogen-bond acceptors (Lipinski definition) is 5. The molecule has 4 fully saturated rings. The third kappa shape index (κ3) is 2.74. The van der Waals surface area contributed by atoms with Gasteiger partial charge in [0.15, 0.2) is 10.9 Å². The molecule has 30 heavy (non-hydrogen) atoms. The Balaban J connectivity index is 1.58. The standard InChI is InChI=1S/C24H31BrO4S/c1-13(26)30-18-12-16-21(25)17(27)6-8-22(16,2)14-4-9-23(3)15(20(14)18)5-10-24(23)11-7-19(28)29-24/h14-15,18,20H,4-12H2,1-3H3/t14-,15-,18+,20+,22+,23-,24+/m0/s1. The van der Waals surface area contributed by atoms with Crippen molar-refractivity contribution in [2.24, 2.45) is 28.6 Å². The minimum absolute atomic E-state index is 0.00474. The number of carbonyl (C=O) groups is 3. The molecular weight excluding hydrogens is 464 g/mol. The van der Waals surface area contributed by atoms with Crippen LogP contribution in [0.1, 0.15) is 78.6 Å². The number of esters is 1. The van der Waals surface area contributed by atoms with Gasteiger partial charge in [0.2, 0.25) is 0 Å². The largest absolute Gasteiger partial charge is 0.458 e. The summed E-state index contributed by atoms with van der Waals surface area (Å²) < 4.78 is 6.85. The van der Waals surface area contributed by atoms with Crippen LogP contribution >= 0.6 is 27.7 Å². The second-order valence-electron chi connectivity index (χ2n) is 10.7. The lowest BCUT2D eigenvalue weighted by atomic mass is 9.46. The van der Waals surface area contributed by atoms with Gasteiger partial charge in [-0.3, -0.25) is 14.4 Å². The van der Waals surface area contributed by atoms with Crippen molar-refractivity contribution >= 4 is 44.6 Å². The highest BCUT2D eigenvalue weighted by Gasteiger charge is 2.68. The number of ketones is 1. The van der Waals surface area contributed by atoms with E-state index >= 15 is 0 Å². The number of fused-ring (bicyclic) bond motifs is 6. The molecule has 0 bridgehead atoms. The van der Waals surface area contributed by atoms with Crippen molar-refractivity contribution in [3.8, 4) is 0 Å². The summed E-state index contributed by atoms with van der Waals surface area (Å²) in [5, 5.41) is 0.361. The van der Waals surface area contributed by atoms with E-state index in [2.05, 4.69) is 29.8 Å². The Morgan fingerprint density at radius 3 is 2.47 bits per heavy atom. The number of ether oxygens (including phenoxy) is 1. The molecule has 7 atom stereocenters. The van der Waals surface area contributed by atoms with Crippen LogP contribution in [-0.4, -0.2) is 27.7 Å². The van der Waals surface area contributed by atoms with Crippen LogP contribution in [0.5, 0.6) is 0 Å². The summed E-state index contributed by atoms with van der Waals surface area (Å²) in [6, 6.07) is 0. The van der Waals surface area contributed by atoms with Crippen LogP contribution in [0, 0.1) is 28.6 Å². The van der Waals surface area contributed by atoms with Crippen molar-refractivity contribution in [2.45, 2.75) is 89.4 Å². The fourth-order valence-electron chi connectivity index (χ4n) is 8.21. The summed E-state index contributed by atoms with van der Waals surface area (Å²) in [5.74, 6) is 1.55. The van der Waals surface area contributed by atoms with Gasteiger partial charge < -0.3 is 4.74 Å². The molecular formula is C24H31BrO4S. The molecule has 1 aliphatic heterocycles. The van der Waals surface area contributed by atoms with E-state index in [1.54, 1.807) is 6.92 Å². The first-order valence-electron chi connectivity index (χ1n) is 11.4. The Labute approximate surface area is 191 Å². The minimum Gasteiger partial charge on any atom is -0.458 e. The number of hydrogen-bond donors (Lipinski definition) is 0. The summed E-state index contributed by atoms with van der Waals surface area (Å²) in [5.41, 5.74) is 0.970. The van der Waals surface area contributed by atoms with Gasteiger partial charge in [-0.2, -0.15) is 0 Å². The summed E-state index contributed by atoms with van der Waals surface area (Å²) in [6.07, 6.45) is 7.92. The van der Waals surface area contributed by atoms with Crippen molar-refractivity contribution in [1.29, 1.82) is 0 Å². The van der Waals surface area contributed by atoms with E-state index < -0.39 is 0 Å². The molecule has 4 nitrogen and oxygen atoms in total.